The number of fused-ring (bicyclic) bond motifs is 1. The molecule has 33 heavy (non-hydrogen) atoms. The zero-order valence-corrected chi connectivity index (χ0v) is 19.3. The first-order valence-electron chi connectivity index (χ1n) is 11.2. The third-order valence-corrected chi connectivity index (χ3v) is 7.24. The molecule has 0 radical (unpaired) electrons. The molecule has 5 rings (SSSR count). The van der Waals surface area contributed by atoms with E-state index in [0.29, 0.717) is 30.1 Å². The largest absolute Gasteiger partial charge is 0.334 e. The van der Waals surface area contributed by atoms with E-state index in [1.165, 1.54) is 12.2 Å². The Labute approximate surface area is 196 Å². The monoisotopic (exact) mass is 460 g/mol. The molecule has 1 aromatic heterocycles. The number of carbonyl (C=O) groups is 1. The standard InChI is InChI=1S/C26H25FN4OS/c1-3-17-13-19(27)14-21-23(17)30-22(29-21)15-20-11-7-8-12-31(20)26(32)24-25(33-16(2)28-24)18-9-5-4-6-10-18/h3-6,9-10,13-14,20-21H,1,7-8,11-12,15H2,2H3/t20-,21?/m0/s1. The molecule has 5 nitrogen and oxygen atoms in total. The van der Waals surface area contributed by atoms with Gasteiger partial charge < -0.3 is 4.90 Å². The second kappa shape index (κ2) is 8.98. The first-order chi connectivity index (χ1) is 16.0. The molecular formula is C26H25FN4OS. The highest BCUT2D eigenvalue weighted by Crippen LogP contribution is 2.33. The number of amides is 1. The number of halogens is 1. The van der Waals surface area contributed by atoms with Gasteiger partial charge in [-0.2, -0.15) is 0 Å². The number of amidine groups is 1. The van der Waals surface area contributed by atoms with Gasteiger partial charge in [-0.1, -0.05) is 43.0 Å². The van der Waals surface area contributed by atoms with E-state index in [9.17, 15) is 9.18 Å². The number of thiazole rings is 1. The summed E-state index contributed by atoms with van der Waals surface area (Å²) in [6, 6.07) is 9.53. The van der Waals surface area contributed by atoms with Crippen molar-refractivity contribution in [3.8, 4) is 10.4 Å². The summed E-state index contributed by atoms with van der Waals surface area (Å²) in [4.78, 5) is 30.5. The van der Waals surface area contributed by atoms with Crippen LogP contribution in [0.1, 0.15) is 41.2 Å². The fraction of sp³-hybridized carbons (Fsp3) is 0.308. The number of carbonyl (C=O) groups excluding carboxylic acids is 1. The van der Waals surface area contributed by atoms with Crippen molar-refractivity contribution >= 4 is 28.8 Å². The molecule has 0 N–H and O–H groups in total. The van der Waals surface area contributed by atoms with E-state index >= 15 is 0 Å². The molecular weight excluding hydrogens is 435 g/mol. The van der Waals surface area contributed by atoms with Crippen molar-refractivity contribution in [2.45, 2.75) is 44.7 Å². The van der Waals surface area contributed by atoms with Gasteiger partial charge in [0.2, 0.25) is 0 Å². The minimum Gasteiger partial charge on any atom is -0.334 e. The first kappa shape index (κ1) is 21.6. The number of benzene rings is 1. The van der Waals surface area contributed by atoms with Crippen molar-refractivity contribution < 1.29 is 9.18 Å². The quantitative estimate of drug-likeness (QED) is 0.574. The lowest BCUT2D eigenvalue weighted by Gasteiger charge is -2.35. The van der Waals surface area contributed by atoms with Crippen LogP contribution in [-0.4, -0.2) is 46.0 Å². The van der Waals surface area contributed by atoms with Crippen LogP contribution in [0.2, 0.25) is 0 Å². The van der Waals surface area contributed by atoms with Crippen LogP contribution in [0.3, 0.4) is 0 Å². The number of aliphatic imine (C=N–C) groups is 2. The van der Waals surface area contributed by atoms with Crippen molar-refractivity contribution in [2.75, 3.05) is 6.54 Å². The van der Waals surface area contributed by atoms with E-state index in [-0.39, 0.29) is 17.8 Å². The number of aromatic nitrogens is 1. The molecule has 0 bridgehead atoms. The summed E-state index contributed by atoms with van der Waals surface area (Å²) in [5.41, 5.74) is 2.93. The zero-order chi connectivity index (χ0) is 22.9. The van der Waals surface area contributed by atoms with E-state index in [4.69, 9.17) is 4.99 Å². The lowest BCUT2D eigenvalue weighted by atomic mass is 9.98. The van der Waals surface area contributed by atoms with Gasteiger partial charge in [0.1, 0.15) is 23.4 Å². The number of nitrogens with zero attached hydrogens (tertiary/aromatic N) is 4. The molecule has 0 spiro atoms. The lowest BCUT2D eigenvalue weighted by Crippen LogP contribution is -2.44. The Morgan fingerprint density at radius 2 is 2.12 bits per heavy atom. The number of aryl methyl sites for hydroxylation is 1. The molecule has 1 unspecified atom stereocenters. The Balaban J connectivity index is 1.40. The van der Waals surface area contributed by atoms with Crippen molar-refractivity contribution in [2.24, 2.45) is 9.98 Å². The van der Waals surface area contributed by atoms with Gasteiger partial charge in [-0.25, -0.2) is 14.4 Å². The molecule has 2 atom stereocenters. The fourth-order valence-corrected chi connectivity index (χ4v) is 5.59. The second-order valence-corrected chi connectivity index (χ2v) is 9.67. The molecule has 3 heterocycles. The van der Waals surface area contributed by atoms with E-state index in [0.717, 1.165) is 40.4 Å². The Kier molecular flexibility index (Phi) is 5.89. The van der Waals surface area contributed by atoms with Crippen LogP contribution in [0.4, 0.5) is 4.39 Å². The van der Waals surface area contributed by atoms with Gasteiger partial charge in [0.15, 0.2) is 0 Å². The van der Waals surface area contributed by atoms with Crippen molar-refractivity contribution in [1.82, 2.24) is 9.88 Å². The van der Waals surface area contributed by atoms with Gasteiger partial charge in [0.25, 0.3) is 5.91 Å². The molecule has 1 aromatic carbocycles. The third-order valence-electron chi connectivity index (χ3n) is 6.22. The maximum absolute atomic E-state index is 13.9. The number of rotatable bonds is 5. The minimum absolute atomic E-state index is 0.00915. The molecule has 168 valence electrons. The van der Waals surface area contributed by atoms with Crippen LogP contribution in [-0.2, 0) is 0 Å². The highest BCUT2D eigenvalue weighted by molar-refractivity contribution is 7.15. The summed E-state index contributed by atoms with van der Waals surface area (Å²) < 4.78 is 13.9. The first-order valence-corrected chi connectivity index (χ1v) is 12.1. The van der Waals surface area contributed by atoms with Crippen LogP contribution in [0.25, 0.3) is 10.4 Å². The lowest BCUT2D eigenvalue weighted by molar-refractivity contribution is 0.0617. The summed E-state index contributed by atoms with van der Waals surface area (Å²) in [5, 5.41) is 0.874. The number of likely N-dealkylation sites (tertiary alicyclic amines) is 1. The Morgan fingerprint density at radius 3 is 2.91 bits per heavy atom. The second-order valence-electron chi connectivity index (χ2n) is 8.47. The van der Waals surface area contributed by atoms with Gasteiger partial charge >= 0.3 is 0 Å². The molecule has 0 saturated carbocycles. The summed E-state index contributed by atoms with van der Waals surface area (Å²) >= 11 is 1.55. The average molecular weight is 461 g/mol. The van der Waals surface area contributed by atoms with Crippen LogP contribution < -0.4 is 0 Å². The van der Waals surface area contributed by atoms with Gasteiger partial charge in [-0.15, -0.1) is 11.3 Å². The Morgan fingerprint density at radius 1 is 1.30 bits per heavy atom. The van der Waals surface area contributed by atoms with E-state index in [2.05, 4.69) is 16.6 Å². The van der Waals surface area contributed by atoms with Crippen LogP contribution in [0.5, 0.6) is 0 Å². The van der Waals surface area contributed by atoms with Crippen molar-refractivity contribution in [3.63, 3.8) is 0 Å². The van der Waals surface area contributed by atoms with Crippen molar-refractivity contribution in [3.05, 3.63) is 77.2 Å². The minimum atomic E-state index is -0.406. The molecule has 2 aromatic rings. The average Bonchev–Trinajstić information content (AvgIpc) is 3.42. The Hall–Kier alpha value is -3.19. The van der Waals surface area contributed by atoms with E-state index in [1.54, 1.807) is 17.4 Å². The highest BCUT2D eigenvalue weighted by atomic mass is 32.1. The van der Waals surface area contributed by atoms with Crippen LogP contribution in [0, 0.1) is 6.92 Å². The summed E-state index contributed by atoms with van der Waals surface area (Å²) in [6.07, 6.45) is 7.99. The van der Waals surface area contributed by atoms with Gasteiger partial charge in [0, 0.05) is 24.6 Å². The fourth-order valence-electron chi connectivity index (χ4n) is 4.67. The molecule has 1 aliphatic carbocycles. The van der Waals surface area contributed by atoms with Crippen LogP contribution in [0.15, 0.2) is 76.5 Å². The summed E-state index contributed by atoms with van der Waals surface area (Å²) in [6.45, 7) is 6.39. The summed E-state index contributed by atoms with van der Waals surface area (Å²) in [5.74, 6) is 0.306. The number of piperidine rings is 1. The maximum Gasteiger partial charge on any atom is 0.274 e. The maximum atomic E-state index is 13.9. The predicted octanol–water partition coefficient (Wildman–Crippen LogP) is 5.70. The third kappa shape index (κ3) is 4.25. The molecule has 2 aliphatic heterocycles. The van der Waals surface area contributed by atoms with E-state index < -0.39 is 6.04 Å². The molecule has 7 heteroatoms. The number of hydrogen-bond acceptors (Lipinski definition) is 5. The zero-order valence-electron chi connectivity index (χ0n) is 18.5. The highest BCUT2D eigenvalue weighted by Gasteiger charge is 2.34. The molecule has 1 saturated heterocycles. The molecule has 1 amide bonds. The SMILES string of the molecule is C=CC1=CC(F)=CC2N=C(C[C@@H]3CCCCN3C(=O)c3nc(C)sc3-c3ccccc3)N=C12. The summed E-state index contributed by atoms with van der Waals surface area (Å²) in [7, 11) is 0. The van der Waals surface area contributed by atoms with Crippen LogP contribution >= 0.6 is 11.3 Å². The van der Waals surface area contributed by atoms with E-state index in [1.807, 2.05) is 42.2 Å². The smallest absolute Gasteiger partial charge is 0.274 e. The number of hydrogen-bond donors (Lipinski definition) is 0. The topological polar surface area (TPSA) is 57.9 Å². The number of allylic oxidation sites excluding steroid dienone is 3. The normalized spacial score (nSPS) is 22.2. The van der Waals surface area contributed by atoms with Gasteiger partial charge in [0.05, 0.1) is 15.6 Å². The molecule has 3 aliphatic rings. The van der Waals surface area contributed by atoms with Gasteiger partial charge in [-0.05, 0) is 43.9 Å². The van der Waals surface area contributed by atoms with Crippen molar-refractivity contribution in [1.29, 1.82) is 0 Å². The van der Waals surface area contributed by atoms with Gasteiger partial charge in [-0.3, -0.25) is 9.79 Å². The predicted molar refractivity (Wildman–Crippen MR) is 132 cm³/mol. The Bertz CT molecular complexity index is 1220. The molecule has 1 fully saturated rings.